The van der Waals surface area contributed by atoms with Crippen molar-refractivity contribution < 1.29 is 9.59 Å². The molecule has 0 aromatic heterocycles. The number of carbonyl (C=O) groups excluding carboxylic acids is 2. The Kier molecular flexibility index (Phi) is 6.41. The first-order valence-electron chi connectivity index (χ1n) is 9.65. The van der Waals surface area contributed by atoms with Gasteiger partial charge in [0.25, 0.3) is 0 Å². The molecule has 3 rings (SSSR count). The molecule has 2 aliphatic heterocycles. The van der Waals surface area contributed by atoms with Crippen molar-refractivity contribution in [2.45, 2.75) is 32.6 Å². The van der Waals surface area contributed by atoms with E-state index in [2.05, 4.69) is 11.8 Å². The lowest BCUT2D eigenvalue weighted by molar-refractivity contribution is -0.136. The highest BCUT2D eigenvalue weighted by molar-refractivity contribution is 6.30. The summed E-state index contributed by atoms with van der Waals surface area (Å²) >= 11 is 6.07. The largest absolute Gasteiger partial charge is 0.368 e. The normalized spacial score (nSPS) is 20.8. The van der Waals surface area contributed by atoms with E-state index in [1.54, 1.807) is 0 Å². The van der Waals surface area contributed by atoms with E-state index in [9.17, 15) is 9.59 Å². The summed E-state index contributed by atoms with van der Waals surface area (Å²) in [6.07, 6.45) is 3.68. The molecular formula is C20H28ClN3O2. The quantitative estimate of drug-likeness (QED) is 0.716. The highest BCUT2D eigenvalue weighted by atomic mass is 35.5. The van der Waals surface area contributed by atoms with Gasteiger partial charge in [-0.05, 0) is 24.6 Å². The molecule has 1 aromatic rings. The summed E-state index contributed by atoms with van der Waals surface area (Å²) in [7, 11) is 0. The van der Waals surface area contributed by atoms with Gasteiger partial charge in [0.1, 0.15) is 0 Å². The molecule has 0 radical (unpaired) electrons. The number of benzene rings is 1. The van der Waals surface area contributed by atoms with Gasteiger partial charge >= 0.3 is 0 Å². The summed E-state index contributed by atoms with van der Waals surface area (Å²) in [6, 6.07) is 7.83. The molecule has 1 aromatic carbocycles. The lowest BCUT2D eigenvalue weighted by Gasteiger charge is -2.37. The first kappa shape index (κ1) is 19.0. The van der Waals surface area contributed by atoms with E-state index < -0.39 is 0 Å². The van der Waals surface area contributed by atoms with Crippen LogP contribution in [0.4, 0.5) is 5.69 Å². The third-order valence-corrected chi connectivity index (χ3v) is 5.60. The maximum Gasteiger partial charge on any atom is 0.228 e. The molecule has 1 unspecified atom stereocenters. The van der Waals surface area contributed by atoms with Crippen molar-refractivity contribution in [3.05, 3.63) is 29.3 Å². The molecule has 2 fully saturated rings. The average molecular weight is 378 g/mol. The average Bonchev–Trinajstić information content (AvgIpc) is 3.02. The van der Waals surface area contributed by atoms with E-state index in [0.29, 0.717) is 26.1 Å². The van der Waals surface area contributed by atoms with Crippen LogP contribution in [0.3, 0.4) is 0 Å². The Balaban J connectivity index is 1.50. The molecule has 0 spiro atoms. The maximum atomic E-state index is 12.8. The van der Waals surface area contributed by atoms with Crippen LogP contribution >= 0.6 is 11.6 Å². The zero-order valence-electron chi connectivity index (χ0n) is 15.5. The van der Waals surface area contributed by atoms with E-state index in [1.165, 1.54) is 0 Å². The van der Waals surface area contributed by atoms with Crippen LogP contribution in [0.5, 0.6) is 0 Å². The van der Waals surface area contributed by atoms with Gasteiger partial charge in [0.05, 0.1) is 5.92 Å². The summed E-state index contributed by atoms with van der Waals surface area (Å²) < 4.78 is 0. The lowest BCUT2D eigenvalue weighted by Crippen LogP contribution is -2.50. The topological polar surface area (TPSA) is 43.9 Å². The molecule has 1 atom stereocenters. The summed E-state index contributed by atoms with van der Waals surface area (Å²) in [4.78, 5) is 31.1. The van der Waals surface area contributed by atoms with E-state index in [4.69, 9.17) is 11.6 Å². The first-order chi connectivity index (χ1) is 12.6. The van der Waals surface area contributed by atoms with Crippen molar-refractivity contribution in [2.24, 2.45) is 5.92 Å². The number of carbonyl (C=O) groups is 2. The number of unbranched alkanes of at least 4 members (excludes halogenated alkanes) is 2. The lowest BCUT2D eigenvalue weighted by atomic mass is 10.1. The van der Waals surface area contributed by atoms with Crippen LogP contribution in [-0.4, -0.2) is 60.9 Å². The fourth-order valence-electron chi connectivity index (χ4n) is 3.82. The van der Waals surface area contributed by atoms with Crippen molar-refractivity contribution in [3.63, 3.8) is 0 Å². The van der Waals surface area contributed by atoms with E-state index >= 15 is 0 Å². The van der Waals surface area contributed by atoms with Crippen LogP contribution in [0.2, 0.25) is 5.02 Å². The van der Waals surface area contributed by atoms with Gasteiger partial charge in [-0.1, -0.05) is 37.4 Å². The minimum absolute atomic E-state index is 0.136. The minimum Gasteiger partial charge on any atom is -0.368 e. The van der Waals surface area contributed by atoms with Crippen molar-refractivity contribution in [1.82, 2.24) is 9.80 Å². The monoisotopic (exact) mass is 377 g/mol. The molecule has 2 heterocycles. The van der Waals surface area contributed by atoms with Gasteiger partial charge in [-0.25, -0.2) is 0 Å². The standard InChI is InChI=1S/C20H28ClN3O2/c1-2-3-4-8-24-15-16(13-19(24)25)20(26)23-11-9-22(10-12-23)18-7-5-6-17(21)14-18/h5-7,14,16H,2-4,8-13,15H2,1H3. The van der Waals surface area contributed by atoms with E-state index in [0.717, 1.165) is 49.6 Å². The summed E-state index contributed by atoms with van der Waals surface area (Å²) in [5.41, 5.74) is 1.10. The number of hydrogen-bond acceptors (Lipinski definition) is 3. The Hall–Kier alpha value is -1.75. The van der Waals surface area contributed by atoms with Gasteiger partial charge < -0.3 is 14.7 Å². The second-order valence-electron chi connectivity index (χ2n) is 7.24. The van der Waals surface area contributed by atoms with Gasteiger partial charge in [-0.15, -0.1) is 0 Å². The fourth-order valence-corrected chi connectivity index (χ4v) is 4.01. The fraction of sp³-hybridized carbons (Fsp3) is 0.600. The van der Waals surface area contributed by atoms with Crippen LogP contribution < -0.4 is 4.90 Å². The molecule has 6 heteroatoms. The smallest absolute Gasteiger partial charge is 0.228 e. The molecule has 0 aliphatic carbocycles. The van der Waals surface area contributed by atoms with Crippen LogP contribution in [0, 0.1) is 5.92 Å². The maximum absolute atomic E-state index is 12.8. The Morgan fingerprint density at radius 2 is 1.96 bits per heavy atom. The third kappa shape index (κ3) is 4.50. The van der Waals surface area contributed by atoms with Crippen molar-refractivity contribution in [2.75, 3.05) is 44.2 Å². The summed E-state index contributed by atoms with van der Waals surface area (Å²) in [5.74, 6) is 0.112. The molecule has 26 heavy (non-hydrogen) atoms. The molecule has 0 N–H and O–H groups in total. The summed E-state index contributed by atoms with van der Waals surface area (Å²) in [5, 5.41) is 0.730. The predicted octanol–water partition coefficient (Wildman–Crippen LogP) is 3.03. The number of rotatable bonds is 6. The third-order valence-electron chi connectivity index (χ3n) is 5.36. The number of nitrogens with zero attached hydrogens (tertiary/aromatic N) is 3. The number of hydrogen-bond donors (Lipinski definition) is 0. The highest BCUT2D eigenvalue weighted by Gasteiger charge is 2.36. The molecule has 2 aliphatic rings. The van der Waals surface area contributed by atoms with E-state index in [1.807, 2.05) is 34.1 Å². The Bertz CT molecular complexity index is 644. The molecule has 2 saturated heterocycles. The van der Waals surface area contributed by atoms with E-state index in [-0.39, 0.29) is 17.7 Å². The number of amides is 2. The molecule has 0 bridgehead atoms. The number of piperazine rings is 1. The Morgan fingerprint density at radius 3 is 2.65 bits per heavy atom. The molecule has 5 nitrogen and oxygen atoms in total. The van der Waals surface area contributed by atoms with Crippen LogP contribution in [-0.2, 0) is 9.59 Å². The van der Waals surface area contributed by atoms with Gasteiger partial charge in [-0.3, -0.25) is 9.59 Å². The van der Waals surface area contributed by atoms with Gasteiger partial charge in [0, 0.05) is 56.4 Å². The number of anilines is 1. The van der Waals surface area contributed by atoms with Crippen molar-refractivity contribution in [1.29, 1.82) is 0 Å². The molecule has 0 saturated carbocycles. The van der Waals surface area contributed by atoms with Gasteiger partial charge in [0.15, 0.2) is 0 Å². The second-order valence-corrected chi connectivity index (χ2v) is 7.68. The predicted molar refractivity (Wildman–Crippen MR) is 104 cm³/mol. The van der Waals surface area contributed by atoms with Crippen molar-refractivity contribution >= 4 is 29.1 Å². The zero-order valence-corrected chi connectivity index (χ0v) is 16.2. The molecule has 142 valence electrons. The molecule has 2 amide bonds. The Labute approximate surface area is 160 Å². The Morgan fingerprint density at radius 1 is 1.19 bits per heavy atom. The van der Waals surface area contributed by atoms with Crippen LogP contribution in [0.15, 0.2) is 24.3 Å². The van der Waals surface area contributed by atoms with Crippen LogP contribution in [0.25, 0.3) is 0 Å². The minimum atomic E-state index is -0.165. The molecular weight excluding hydrogens is 350 g/mol. The van der Waals surface area contributed by atoms with Crippen LogP contribution in [0.1, 0.15) is 32.6 Å². The van der Waals surface area contributed by atoms with Crippen molar-refractivity contribution in [3.8, 4) is 0 Å². The first-order valence-corrected chi connectivity index (χ1v) is 10.0. The number of halogens is 1. The second kappa shape index (κ2) is 8.76. The zero-order chi connectivity index (χ0) is 18.5. The summed E-state index contributed by atoms with van der Waals surface area (Å²) in [6.45, 7) is 6.54. The SMILES string of the molecule is CCCCCN1CC(C(=O)N2CCN(c3cccc(Cl)c3)CC2)CC1=O. The van der Waals surface area contributed by atoms with Gasteiger partial charge in [-0.2, -0.15) is 0 Å². The highest BCUT2D eigenvalue weighted by Crippen LogP contribution is 2.24. The van der Waals surface area contributed by atoms with Gasteiger partial charge in [0.2, 0.25) is 11.8 Å². The number of likely N-dealkylation sites (tertiary alicyclic amines) is 1.